The zero-order chi connectivity index (χ0) is 29.1. The van der Waals surface area contributed by atoms with Crippen LogP contribution in [-0.4, -0.2) is 56.6 Å². The van der Waals surface area contributed by atoms with Crippen LogP contribution in [0.25, 0.3) is 5.69 Å². The van der Waals surface area contributed by atoms with Gasteiger partial charge in [0, 0.05) is 24.3 Å². The molecule has 0 spiro atoms. The molecular formula is C35H46ClN5O2. The van der Waals surface area contributed by atoms with Crippen molar-refractivity contribution in [3.8, 4) is 5.69 Å². The minimum absolute atomic E-state index is 0. The monoisotopic (exact) mass is 603 g/mol. The van der Waals surface area contributed by atoms with Gasteiger partial charge in [0.2, 0.25) is 11.8 Å². The highest BCUT2D eigenvalue weighted by Gasteiger charge is 2.45. The second-order valence-electron chi connectivity index (χ2n) is 12.7. The molecule has 0 bridgehead atoms. The summed E-state index contributed by atoms with van der Waals surface area (Å²) >= 11 is 0. The Bertz CT molecular complexity index is 1360. The molecule has 43 heavy (non-hydrogen) atoms. The Morgan fingerprint density at radius 3 is 2.16 bits per heavy atom. The molecule has 3 aromatic rings. The molecule has 2 saturated heterocycles. The van der Waals surface area contributed by atoms with Gasteiger partial charge in [-0.25, -0.2) is 4.68 Å². The van der Waals surface area contributed by atoms with E-state index in [1.807, 2.05) is 46.0 Å². The summed E-state index contributed by atoms with van der Waals surface area (Å²) in [7, 11) is 0. The maximum atomic E-state index is 14.0. The number of hydrogen-bond donors (Lipinski definition) is 1. The van der Waals surface area contributed by atoms with E-state index >= 15 is 0 Å². The van der Waals surface area contributed by atoms with Crippen molar-refractivity contribution in [2.24, 2.45) is 11.8 Å². The summed E-state index contributed by atoms with van der Waals surface area (Å²) in [5.41, 5.74) is 5.68. The zero-order valence-electron chi connectivity index (χ0n) is 25.6. The van der Waals surface area contributed by atoms with Crippen LogP contribution in [0.1, 0.15) is 73.9 Å². The first-order valence-electron chi connectivity index (χ1n) is 16.0. The molecule has 1 aliphatic carbocycles. The Balaban J connectivity index is 0.00000368. The van der Waals surface area contributed by atoms with E-state index in [4.69, 9.17) is 5.10 Å². The van der Waals surface area contributed by atoms with E-state index in [0.717, 1.165) is 55.8 Å². The van der Waals surface area contributed by atoms with Crippen LogP contribution >= 0.6 is 12.4 Å². The highest BCUT2D eigenvalue weighted by atomic mass is 35.5. The first-order chi connectivity index (χ1) is 20.5. The number of likely N-dealkylation sites (tertiary alicyclic amines) is 1. The molecule has 2 aliphatic heterocycles. The minimum atomic E-state index is -0.410. The van der Waals surface area contributed by atoms with Gasteiger partial charge in [0.15, 0.2) is 0 Å². The van der Waals surface area contributed by atoms with Crippen molar-refractivity contribution < 1.29 is 9.59 Å². The van der Waals surface area contributed by atoms with Gasteiger partial charge in [-0.3, -0.25) is 14.5 Å². The largest absolute Gasteiger partial charge is 0.342 e. The van der Waals surface area contributed by atoms with Crippen LogP contribution in [0, 0.1) is 25.7 Å². The maximum absolute atomic E-state index is 14.0. The van der Waals surface area contributed by atoms with Gasteiger partial charge in [0.1, 0.15) is 12.1 Å². The van der Waals surface area contributed by atoms with Gasteiger partial charge in [-0.15, -0.1) is 12.4 Å². The van der Waals surface area contributed by atoms with Gasteiger partial charge in [0.05, 0.1) is 11.4 Å². The normalized spacial score (nSPS) is 22.3. The number of amides is 2. The molecule has 1 aromatic heterocycles. The van der Waals surface area contributed by atoms with E-state index in [0.29, 0.717) is 12.5 Å². The van der Waals surface area contributed by atoms with E-state index in [1.54, 1.807) is 0 Å². The zero-order valence-corrected chi connectivity index (χ0v) is 26.4. The maximum Gasteiger partial charge on any atom is 0.246 e. The molecular weight excluding hydrogens is 558 g/mol. The topological polar surface area (TPSA) is 70.5 Å². The lowest BCUT2D eigenvalue weighted by Crippen LogP contribution is -2.65. The molecule has 1 unspecified atom stereocenters. The van der Waals surface area contributed by atoms with Crippen molar-refractivity contribution in [2.75, 3.05) is 13.1 Å². The van der Waals surface area contributed by atoms with E-state index < -0.39 is 12.1 Å². The Hall–Kier alpha value is -3.16. The van der Waals surface area contributed by atoms with Crippen LogP contribution in [0.5, 0.6) is 0 Å². The Kier molecular flexibility index (Phi) is 10.2. The smallest absolute Gasteiger partial charge is 0.246 e. The highest BCUT2D eigenvalue weighted by Crippen LogP contribution is 2.33. The molecule has 230 valence electrons. The first kappa shape index (κ1) is 31.3. The molecule has 2 aromatic carbocycles. The number of nitrogens with one attached hydrogen (secondary N) is 1. The number of carbonyl (C=O) groups excluding carboxylic acids is 2. The average molecular weight is 604 g/mol. The van der Waals surface area contributed by atoms with E-state index in [-0.39, 0.29) is 30.1 Å². The molecule has 0 radical (unpaired) electrons. The number of rotatable bonds is 8. The molecule has 6 rings (SSSR count). The summed E-state index contributed by atoms with van der Waals surface area (Å²) < 4.78 is 2.04. The molecule has 7 nitrogen and oxygen atoms in total. The quantitative estimate of drug-likeness (QED) is 0.343. The first-order valence-corrected chi connectivity index (χ1v) is 16.0. The number of carbonyl (C=O) groups is 2. The van der Waals surface area contributed by atoms with Crippen molar-refractivity contribution in [1.82, 2.24) is 24.9 Å². The summed E-state index contributed by atoms with van der Waals surface area (Å²) in [5, 5.41) is 8.05. The lowest BCUT2D eigenvalue weighted by molar-refractivity contribution is -0.154. The van der Waals surface area contributed by atoms with Crippen LogP contribution in [0.2, 0.25) is 0 Å². The lowest BCUT2D eigenvalue weighted by Gasteiger charge is -2.45. The van der Waals surface area contributed by atoms with Gasteiger partial charge in [0.25, 0.3) is 0 Å². The molecule has 2 atom stereocenters. The molecule has 3 aliphatic rings. The number of aryl methyl sites for hydroxylation is 1. The summed E-state index contributed by atoms with van der Waals surface area (Å²) in [4.78, 5) is 32.2. The van der Waals surface area contributed by atoms with Crippen LogP contribution < -0.4 is 5.32 Å². The second kappa shape index (κ2) is 14.1. The molecule has 3 heterocycles. The summed E-state index contributed by atoms with van der Waals surface area (Å²) in [6, 6.07) is 19.6. The standard InChI is InChI=1S/C35H45N5O2.ClH/c1-25-31(26(2)40(37-25)30-16-10-5-11-17-30)24-38-20-18-29(19-21-38)33-34(41)36-32(22-27-12-6-3-7-13-27)35(42)39(33)23-28-14-8-4-9-15-28;/h4-5,8-11,14-17,27,29,32-33H,3,6-7,12-13,18-24H2,1-2H3,(H,36,41);1H/t32-,33?;/m0./s1. The Morgan fingerprint density at radius 2 is 1.49 bits per heavy atom. The van der Waals surface area contributed by atoms with Crippen molar-refractivity contribution >= 4 is 24.2 Å². The predicted molar refractivity (Wildman–Crippen MR) is 172 cm³/mol. The van der Waals surface area contributed by atoms with Crippen LogP contribution in [0.15, 0.2) is 60.7 Å². The number of aromatic nitrogens is 2. The summed E-state index contributed by atoms with van der Waals surface area (Å²) in [6.45, 7) is 7.40. The van der Waals surface area contributed by atoms with Gasteiger partial charge in [-0.05, 0) is 75.7 Å². The Morgan fingerprint density at radius 1 is 0.837 bits per heavy atom. The van der Waals surface area contributed by atoms with Gasteiger partial charge >= 0.3 is 0 Å². The number of piperazine rings is 1. The fraction of sp³-hybridized carbons (Fsp3) is 0.514. The lowest BCUT2D eigenvalue weighted by atomic mass is 9.82. The number of para-hydroxylation sites is 1. The fourth-order valence-electron chi connectivity index (χ4n) is 7.51. The number of benzene rings is 2. The van der Waals surface area contributed by atoms with E-state index in [1.165, 1.54) is 43.4 Å². The van der Waals surface area contributed by atoms with Crippen molar-refractivity contribution in [3.63, 3.8) is 0 Å². The van der Waals surface area contributed by atoms with Gasteiger partial charge in [-0.2, -0.15) is 5.10 Å². The number of nitrogens with zero attached hydrogens (tertiary/aromatic N) is 4. The van der Waals surface area contributed by atoms with Crippen molar-refractivity contribution in [1.29, 1.82) is 0 Å². The average Bonchev–Trinajstić information content (AvgIpc) is 3.30. The molecule has 2 amide bonds. The van der Waals surface area contributed by atoms with E-state index in [2.05, 4.69) is 48.3 Å². The third-order valence-electron chi connectivity index (χ3n) is 9.89. The van der Waals surface area contributed by atoms with Crippen LogP contribution in [-0.2, 0) is 22.7 Å². The minimum Gasteiger partial charge on any atom is -0.342 e. The van der Waals surface area contributed by atoms with E-state index in [9.17, 15) is 9.59 Å². The number of hydrogen-bond acceptors (Lipinski definition) is 4. The summed E-state index contributed by atoms with van der Waals surface area (Å²) in [6.07, 6.45) is 8.67. The third-order valence-corrected chi connectivity index (χ3v) is 9.89. The van der Waals surface area contributed by atoms with Crippen LogP contribution in [0.4, 0.5) is 0 Å². The Labute approximate surface area is 262 Å². The van der Waals surface area contributed by atoms with Gasteiger partial charge in [-0.1, -0.05) is 80.6 Å². The molecule has 1 saturated carbocycles. The SMILES string of the molecule is Cc1nn(-c2ccccc2)c(C)c1CN1CCC(C2C(=O)N[C@@H](CC3CCCCC3)C(=O)N2Cc2ccccc2)CC1.Cl. The van der Waals surface area contributed by atoms with Crippen LogP contribution in [0.3, 0.4) is 0 Å². The summed E-state index contributed by atoms with van der Waals surface area (Å²) in [5.74, 6) is 0.833. The van der Waals surface area contributed by atoms with Gasteiger partial charge < -0.3 is 10.2 Å². The van der Waals surface area contributed by atoms with Crippen molar-refractivity contribution in [3.05, 3.63) is 83.2 Å². The fourth-order valence-corrected chi connectivity index (χ4v) is 7.51. The number of piperidine rings is 1. The third kappa shape index (κ3) is 6.99. The number of halogens is 1. The van der Waals surface area contributed by atoms with Crippen molar-refractivity contribution in [2.45, 2.75) is 90.4 Å². The highest BCUT2D eigenvalue weighted by molar-refractivity contribution is 5.97. The molecule has 3 fully saturated rings. The molecule has 1 N–H and O–H groups in total. The molecule has 8 heteroatoms. The second-order valence-corrected chi connectivity index (χ2v) is 12.7. The predicted octanol–water partition coefficient (Wildman–Crippen LogP) is 5.99.